The minimum Gasteiger partial charge on any atom is -0.497 e. The zero-order chi connectivity index (χ0) is 21.3. The Balaban J connectivity index is 1.60. The summed E-state index contributed by atoms with van der Waals surface area (Å²) < 4.78 is 16.9. The standard InChI is InChI=1S/C23H26N2O5/c1-15(26)24-14-22(30-21-7-5-4-6-19(21)24)23(27)25(17-8-9-17)13-16-12-18(28-2)10-11-20(16)29-3/h4-7,10-12,17,22H,8-9,13-14H2,1-3H3/t22-/m0/s1. The number of fused-ring (bicyclic) bond motifs is 1. The molecular formula is C23H26N2O5. The van der Waals surface area contributed by atoms with Gasteiger partial charge in [0.25, 0.3) is 5.91 Å². The molecule has 0 unspecified atom stereocenters. The molecule has 30 heavy (non-hydrogen) atoms. The van der Waals surface area contributed by atoms with Gasteiger partial charge in [-0.1, -0.05) is 12.1 Å². The molecule has 0 radical (unpaired) electrons. The molecule has 1 aliphatic carbocycles. The molecule has 0 aromatic heterocycles. The molecule has 0 bridgehead atoms. The van der Waals surface area contributed by atoms with E-state index in [0.29, 0.717) is 29.5 Å². The summed E-state index contributed by atoms with van der Waals surface area (Å²) in [5.74, 6) is 1.72. The van der Waals surface area contributed by atoms with Crippen molar-refractivity contribution in [1.29, 1.82) is 0 Å². The molecule has 2 aromatic rings. The largest absolute Gasteiger partial charge is 0.497 e. The minimum absolute atomic E-state index is 0.115. The highest BCUT2D eigenvalue weighted by Crippen LogP contribution is 2.36. The second kappa shape index (κ2) is 8.26. The van der Waals surface area contributed by atoms with Crippen molar-refractivity contribution in [2.45, 2.75) is 38.5 Å². The number of hydrogen-bond donors (Lipinski definition) is 0. The Morgan fingerprint density at radius 3 is 2.57 bits per heavy atom. The van der Waals surface area contributed by atoms with Gasteiger partial charge in [0.2, 0.25) is 5.91 Å². The minimum atomic E-state index is -0.749. The van der Waals surface area contributed by atoms with Gasteiger partial charge in [-0.25, -0.2) is 0 Å². The fourth-order valence-corrected chi connectivity index (χ4v) is 3.81. The van der Waals surface area contributed by atoms with Gasteiger partial charge in [0.15, 0.2) is 6.10 Å². The predicted molar refractivity (Wildman–Crippen MR) is 112 cm³/mol. The molecule has 2 aromatic carbocycles. The molecule has 1 heterocycles. The molecule has 2 amide bonds. The van der Waals surface area contributed by atoms with Gasteiger partial charge in [-0.15, -0.1) is 0 Å². The first kappa shape index (κ1) is 20.1. The van der Waals surface area contributed by atoms with Gasteiger partial charge < -0.3 is 24.0 Å². The van der Waals surface area contributed by atoms with E-state index in [2.05, 4.69) is 0 Å². The summed E-state index contributed by atoms with van der Waals surface area (Å²) in [4.78, 5) is 29.2. The molecule has 158 valence electrons. The zero-order valence-corrected chi connectivity index (χ0v) is 17.5. The number of nitrogens with zero attached hydrogens (tertiary/aromatic N) is 2. The first-order chi connectivity index (χ1) is 14.5. The maximum absolute atomic E-state index is 13.5. The number of benzene rings is 2. The van der Waals surface area contributed by atoms with Crippen LogP contribution < -0.4 is 19.1 Å². The Labute approximate surface area is 176 Å². The predicted octanol–water partition coefficient (Wildman–Crippen LogP) is 3.01. The molecule has 7 nitrogen and oxygen atoms in total. The summed E-state index contributed by atoms with van der Waals surface area (Å²) in [6.45, 7) is 2.10. The smallest absolute Gasteiger partial charge is 0.266 e. The van der Waals surface area contributed by atoms with Crippen LogP contribution in [-0.4, -0.2) is 49.6 Å². The number of hydrogen-bond acceptors (Lipinski definition) is 5. The van der Waals surface area contributed by atoms with Gasteiger partial charge in [-0.2, -0.15) is 0 Å². The lowest BCUT2D eigenvalue weighted by Gasteiger charge is -2.36. The van der Waals surface area contributed by atoms with Gasteiger partial charge in [0.05, 0.1) is 26.5 Å². The van der Waals surface area contributed by atoms with E-state index in [4.69, 9.17) is 14.2 Å². The monoisotopic (exact) mass is 410 g/mol. The summed E-state index contributed by atoms with van der Waals surface area (Å²) in [5.41, 5.74) is 1.57. The molecule has 4 rings (SSSR count). The second-order valence-corrected chi connectivity index (χ2v) is 7.58. The van der Waals surface area contributed by atoms with Gasteiger partial charge in [-0.3, -0.25) is 9.59 Å². The summed E-state index contributed by atoms with van der Waals surface area (Å²) in [7, 11) is 3.22. The van der Waals surface area contributed by atoms with Crippen LogP contribution in [0.15, 0.2) is 42.5 Å². The maximum atomic E-state index is 13.5. The van der Waals surface area contributed by atoms with E-state index in [1.807, 2.05) is 41.3 Å². The third kappa shape index (κ3) is 3.92. The van der Waals surface area contributed by atoms with E-state index < -0.39 is 6.10 Å². The first-order valence-corrected chi connectivity index (χ1v) is 10.1. The summed E-state index contributed by atoms with van der Waals surface area (Å²) in [6, 6.07) is 13.0. The van der Waals surface area contributed by atoms with Gasteiger partial charge >= 0.3 is 0 Å². The number of carbonyl (C=O) groups is 2. The highest BCUT2D eigenvalue weighted by molar-refractivity contribution is 5.96. The first-order valence-electron chi connectivity index (χ1n) is 10.1. The van der Waals surface area contributed by atoms with E-state index in [9.17, 15) is 9.59 Å². The van der Waals surface area contributed by atoms with Crippen molar-refractivity contribution in [3.8, 4) is 17.2 Å². The summed E-state index contributed by atoms with van der Waals surface area (Å²) >= 11 is 0. The van der Waals surface area contributed by atoms with Crippen LogP contribution in [-0.2, 0) is 16.1 Å². The van der Waals surface area contributed by atoms with Crippen molar-refractivity contribution < 1.29 is 23.8 Å². The average Bonchev–Trinajstić information content (AvgIpc) is 3.61. The molecule has 7 heteroatoms. The van der Waals surface area contributed by atoms with Crippen LogP contribution >= 0.6 is 0 Å². The third-order valence-electron chi connectivity index (χ3n) is 5.53. The normalized spacial score (nSPS) is 17.6. The molecule has 1 aliphatic heterocycles. The third-order valence-corrected chi connectivity index (χ3v) is 5.53. The van der Waals surface area contributed by atoms with Crippen LogP contribution in [0.25, 0.3) is 0 Å². The fraction of sp³-hybridized carbons (Fsp3) is 0.391. The Hall–Kier alpha value is -3.22. The van der Waals surface area contributed by atoms with Crippen LogP contribution in [0.5, 0.6) is 17.2 Å². The lowest BCUT2D eigenvalue weighted by molar-refractivity contribution is -0.140. The lowest BCUT2D eigenvalue weighted by Crippen LogP contribution is -2.51. The summed E-state index contributed by atoms with van der Waals surface area (Å²) in [6.07, 6.45) is 1.16. The van der Waals surface area contributed by atoms with E-state index in [1.165, 1.54) is 6.92 Å². The molecule has 0 N–H and O–H groups in total. The maximum Gasteiger partial charge on any atom is 0.266 e. The fourth-order valence-electron chi connectivity index (χ4n) is 3.81. The van der Waals surface area contributed by atoms with Gasteiger partial charge in [-0.05, 0) is 43.2 Å². The Bertz CT molecular complexity index is 956. The van der Waals surface area contributed by atoms with Crippen molar-refractivity contribution in [3.05, 3.63) is 48.0 Å². The highest BCUT2D eigenvalue weighted by Gasteiger charge is 2.40. The number of methoxy groups -OCH3 is 2. The number of rotatable bonds is 6. The average molecular weight is 410 g/mol. The number of para-hydroxylation sites is 2. The zero-order valence-electron chi connectivity index (χ0n) is 17.5. The van der Waals surface area contributed by atoms with E-state index in [-0.39, 0.29) is 24.4 Å². The van der Waals surface area contributed by atoms with Crippen LogP contribution in [0.4, 0.5) is 5.69 Å². The van der Waals surface area contributed by atoms with Crippen LogP contribution in [0.1, 0.15) is 25.3 Å². The van der Waals surface area contributed by atoms with Gasteiger partial charge in [0.1, 0.15) is 17.2 Å². The van der Waals surface area contributed by atoms with E-state index >= 15 is 0 Å². The molecular weight excluding hydrogens is 384 g/mol. The van der Waals surface area contributed by atoms with E-state index in [0.717, 1.165) is 18.4 Å². The summed E-state index contributed by atoms with van der Waals surface area (Å²) in [5, 5.41) is 0. The van der Waals surface area contributed by atoms with Crippen LogP contribution in [0, 0.1) is 0 Å². The van der Waals surface area contributed by atoms with Crippen LogP contribution in [0.2, 0.25) is 0 Å². The molecule has 1 saturated carbocycles. The van der Waals surface area contributed by atoms with Crippen molar-refractivity contribution in [2.75, 3.05) is 25.7 Å². The molecule has 0 saturated heterocycles. The van der Waals surface area contributed by atoms with Crippen LogP contribution in [0.3, 0.4) is 0 Å². The number of amides is 2. The SMILES string of the molecule is COc1ccc(OC)c(CN(C(=O)[C@@H]2CN(C(C)=O)c3ccccc3O2)C2CC2)c1. The van der Waals surface area contributed by atoms with Crippen molar-refractivity contribution in [3.63, 3.8) is 0 Å². The number of ether oxygens (including phenoxy) is 3. The van der Waals surface area contributed by atoms with Crippen molar-refractivity contribution >= 4 is 17.5 Å². The molecule has 1 atom stereocenters. The topological polar surface area (TPSA) is 68.3 Å². The quantitative estimate of drug-likeness (QED) is 0.732. The van der Waals surface area contributed by atoms with Crippen molar-refractivity contribution in [2.24, 2.45) is 0 Å². The van der Waals surface area contributed by atoms with E-state index in [1.54, 1.807) is 25.2 Å². The Morgan fingerprint density at radius 1 is 1.13 bits per heavy atom. The number of carbonyl (C=O) groups excluding carboxylic acids is 2. The molecule has 0 spiro atoms. The number of anilines is 1. The molecule has 2 aliphatic rings. The van der Waals surface area contributed by atoms with Crippen molar-refractivity contribution in [1.82, 2.24) is 4.90 Å². The second-order valence-electron chi connectivity index (χ2n) is 7.58. The Kier molecular flexibility index (Phi) is 5.53. The highest BCUT2D eigenvalue weighted by atomic mass is 16.5. The Morgan fingerprint density at radius 2 is 1.90 bits per heavy atom. The lowest BCUT2D eigenvalue weighted by atomic mass is 10.1. The molecule has 1 fully saturated rings. The van der Waals surface area contributed by atoms with Gasteiger partial charge in [0, 0.05) is 25.1 Å².